The summed E-state index contributed by atoms with van der Waals surface area (Å²) < 4.78 is 0. The molecule has 0 aromatic heterocycles. The van der Waals surface area contributed by atoms with Crippen LogP contribution in [0.2, 0.25) is 24.3 Å². The monoisotopic (exact) mass is 422 g/mol. The second-order valence-corrected chi connectivity index (χ2v) is 11.2. The molecule has 2 aliphatic carbocycles. The molecule has 0 radical (unpaired) electrons. The fraction of sp³-hybridized carbons (Fsp3) is 0.533. The first kappa shape index (κ1) is 22.1. The molecule has 0 spiro atoms. The van der Waals surface area contributed by atoms with Crippen LogP contribution in [-0.4, -0.2) is 13.4 Å². The zero-order chi connectivity index (χ0) is 21.6. The van der Waals surface area contributed by atoms with Crippen molar-refractivity contribution >= 4 is 13.4 Å². The third-order valence-electron chi connectivity index (χ3n) is 9.21. The molecule has 5 atom stereocenters. The van der Waals surface area contributed by atoms with E-state index in [-0.39, 0.29) is 0 Å². The molecule has 0 saturated heterocycles. The molecular formula is C30H40B2. The van der Waals surface area contributed by atoms with E-state index >= 15 is 0 Å². The zero-order valence-electron chi connectivity index (χ0n) is 19.8. The van der Waals surface area contributed by atoms with Gasteiger partial charge >= 0.3 is 0 Å². The van der Waals surface area contributed by atoms with E-state index < -0.39 is 0 Å². The van der Waals surface area contributed by atoms with Gasteiger partial charge in [0.15, 0.2) is 13.4 Å². The number of benzene rings is 1. The minimum atomic E-state index is 0.762. The average Bonchev–Trinajstić information content (AvgIpc) is 3.53. The summed E-state index contributed by atoms with van der Waals surface area (Å²) >= 11 is 0. The van der Waals surface area contributed by atoms with Gasteiger partial charge in [-0.2, -0.15) is 0 Å². The minimum Gasteiger partial charge on any atom is -0.114 e. The molecule has 166 valence electrons. The Bertz CT molecular complexity index is 836. The predicted octanol–water partition coefficient (Wildman–Crippen LogP) is 8.60. The first-order valence-corrected chi connectivity index (χ1v) is 13.6. The van der Waals surface area contributed by atoms with Gasteiger partial charge in [0.2, 0.25) is 0 Å². The van der Waals surface area contributed by atoms with Crippen molar-refractivity contribution in [3.8, 4) is 0 Å². The molecule has 5 unspecified atom stereocenters. The summed E-state index contributed by atoms with van der Waals surface area (Å²) in [5, 5.41) is 0. The van der Waals surface area contributed by atoms with Gasteiger partial charge in [0.25, 0.3) is 0 Å². The number of allylic oxidation sites excluding steroid dienone is 6. The summed E-state index contributed by atoms with van der Waals surface area (Å²) in [6.07, 6.45) is 29.3. The highest BCUT2D eigenvalue weighted by Crippen LogP contribution is 2.46. The van der Waals surface area contributed by atoms with Crippen LogP contribution < -0.4 is 0 Å². The van der Waals surface area contributed by atoms with E-state index in [0.29, 0.717) is 0 Å². The summed E-state index contributed by atoms with van der Waals surface area (Å²) in [6, 6.07) is 11.5. The Hall–Kier alpha value is -1.69. The number of hydrogen-bond acceptors (Lipinski definition) is 0. The molecule has 2 heterocycles. The van der Waals surface area contributed by atoms with Gasteiger partial charge in [0.1, 0.15) is 0 Å². The van der Waals surface area contributed by atoms with Crippen LogP contribution in [-0.2, 0) is 0 Å². The molecule has 2 fully saturated rings. The fourth-order valence-corrected chi connectivity index (χ4v) is 7.36. The third-order valence-corrected chi connectivity index (χ3v) is 9.21. The first-order valence-electron chi connectivity index (χ1n) is 13.6. The van der Waals surface area contributed by atoms with Crippen molar-refractivity contribution in [2.45, 2.75) is 88.0 Å². The van der Waals surface area contributed by atoms with Crippen molar-refractivity contribution in [2.24, 2.45) is 11.8 Å². The Labute approximate surface area is 197 Å². The number of rotatable bonds is 8. The van der Waals surface area contributed by atoms with Crippen LogP contribution in [0.25, 0.3) is 0 Å². The molecule has 1 aromatic carbocycles. The van der Waals surface area contributed by atoms with Crippen LogP contribution in [0.5, 0.6) is 0 Å². The van der Waals surface area contributed by atoms with Crippen LogP contribution >= 0.6 is 0 Å². The largest absolute Gasteiger partial charge is 0.173 e. The molecule has 32 heavy (non-hydrogen) atoms. The lowest BCUT2D eigenvalue weighted by Gasteiger charge is -2.24. The highest BCUT2D eigenvalue weighted by Gasteiger charge is 2.34. The Morgan fingerprint density at radius 1 is 0.719 bits per heavy atom. The van der Waals surface area contributed by atoms with E-state index in [4.69, 9.17) is 0 Å². The summed E-state index contributed by atoms with van der Waals surface area (Å²) in [4.78, 5) is 0. The normalized spacial score (nSPS) is 30.4. The van der Waals surface area contributed by atoms with E-state index in [0.717, 1.165) is 42.8 Å². The van der Waals surface area contributed by atoms with Gasteiger partial charge in [-0.15, -0.1) is 12.0 Å². The summed E-state index contributed by atoms with van der Waals surface area (Å²) in [5.74, 6) is 9.47. The maximum atomic E-state index is 2.48. The SMILES string of the molecule is C1=CCB(C2CCC(CCC(CC3CCC(B4C=CC=CC4)C3)c3ccccc3)C2)C=C1. The van der Waals surface area contributed by atoms with Crippen molar-refractivity contribution in [2.75, 3.05) is 0 Å². The van der Waals surface area contributed by atoms with Crippen LogP contribution in [0.4, 0.5) is 0 Å². The van der Waals surface area contributed by atoms with Crippen molar-refractivity contribution < 1.29 is 0 Å². The molecular weight excluding hydrogens is 382 g/mol. The Balaban J connectivity index is 1.15. The average molecular weight is 422 g/mol. The van der Waals surface area contributed by atoms with Crippen LogP contribution in [0.1, 0.15) is 69.3 Å². The Morgan fingerprint density at radius 3 is 1.97 bits per heavy atom. The number of hydrogen-bond donors (Lipinski definition) is 0. The molecule has 0 N–H and O–H groups in total. The smallest absolute Gasteiger partial charge is 0.114 e. The van der Waals surface area contributed by atoms with Crippen LogP contribution in [0.3, 0.4) is 0 Å². The molecule has 2 heteroatoms. The third kappa shape index (κ3) is 5.62. The Kier molecular flexibility index (Phi) is 7.57. The highest BCUT2D eigenvalue weighted by molar-refractivity contribution is 6.67. The molecule has 0 amide bonds. The summed E-state index contributed by atoms with van der Waals surface area (Å²) in [7, 11) is 0. The highest BCUT2D eigenvalue weighted by atomic mass is 14.3. The second-order valence-electron chi connectivity index (χ2n) is 11.2. The van der Waals surface area contributed by atoms with Gasteiger partial charge in [-0.1, -0.05) is 130 Å². The van der Waals surface area contributed by atoms with E-state index in [9.17, 15) is 0 Å². The van der Waals surface area contributed by atoms with Crippen molar-refractivity contribution in [3.05, 3.63) is 84.3 Å². The molecule has 0 bridgehead atoms. The second kappa shape index (κ2) is 11.0. The van der Waals surface area contributed by atoms with E-state index in [1.807, 2.05) is 0 Å². The minimum absolute atomic E-state index is 0.762. The first-order chi connectivity index (χ1) is 15.8. The van der Waals surface area contributed by atoms with Crippen molar-refractivity contribution in [1.29, 1.82) is 0 Å². The maximum Gasteiger partial charge on any atom is 0.173 e. The molecule has 2 saturated carbocycles. The van der Waals surface area contributed by atoms with Gasteiger partial charge in [-0.05, 0) is 42.6 Å². The summed E-state index contributed by atoms with van der Waals surface area (Å²) in [5.41, 5.74) is 1.60. The lowest BCUT2D eigenvalue weighted by atomic mass is 9.37. The van der Waals surface area contributed by atoms with E-state index in [1.54, 1.807) is 5.56 Å². The van der Waals surface area contributed by atoms with E-state index in [1.165, 1.54) is 70.4 Å². The summed E-state index contributed by atoms with van der Waals surface area (Å²) in [6.45, 7) is 1.62. The van der Waals surface area contributed by atoms with Gasteiger partial charge in [-0.25, -0.2) is 0 Å². The molecule has 4 aliphatic rings. The van der Waals surface area contributed by atoms with Gasteiger partial charge in [-0.3, -0.25) is 0 Å². The van der Waals surface area contributed by atoms with Gasteiger partial charge < -0.3 is 0 Å². The lowest BCUT2D eigenvalue weighted by Crippen LogP contribution is -2.17. The Morgan fingerprint density at radius 2 is 1.34 bits per heavy atom. The van der Waals surface area contributed by atoms with Crippen molar-refractivity contribution in [1.82, 2.24) is 0 Å². The molecule has 2 aliphatic heterocycles. The molecule has 1 aromatic rings. The fourth-order valence-electron chi connectivity index (χ4n) is 7.36. The van der Waals surface area contributed by atoms with Crippen LogP contribution in [0, 0.1) is 11.8 Å². The molecule has 5 rings (SSSR count). The predicted molar refractivity (Wildman–Crippen MR) is 143 cm³/mol. The maximum absolute atomic E-state index is 2.48. The zero-order valence-corrected chi connectivity index (χ0v) is 19.8. The lowest BCUT2D eigenvalue weighted by molar-refractivity contribution is 0.387. The van der Waals surface area contributed by atoms with Gasteiger partial charge in [0.05, 0.1) is 0 Å². The standard InChI is InChI=1S/C30H40B2/c1-4-10-27(11-5-1)28(22-26-14-17-30(24-26)32-20-8-3-9-21-32)15-12-25-13-16-29(23-25)31-18-6-2-7-19-31/h1-11,18,20,25-26,28-30H,12-17,19,21-24H2. The topological polar surface area (TPSA) is 0 Å². The van der Waals surface area contributed by atoms with Gasteiger partial charge in [0, 0.05) is 0 Å². The van der Waals surface area contributed by atoms with E-state index in [2.05, 4.69) is 78.7 Å². The van der Waals surface area contributed by atoms with Crippen molar-refractivity contribution in [3.63, 3.8) is 0 Å². The quantitative estimate of drug-likeness (QED) is 0.368. The molecule has 0 nitrogen and oxygen atoms in total. The van der Waals surface area contributed by atoms with Crippen LogP contribution in [0.15, 0.2) is 78.7 Å².